The number of nitrogens with one attached hydrogen (secondary N) is 1. The van der Waals surface area contributed by atoms with E-state index in [1.807, 2.05) is 0 Å². The summed E-state index contributed by atoms with van der Waals surface area (Å²) < 4.78 is 25.9. The summed E-state index contributed by atoms with van der Waals surface area (Å²) in [4.78, 5) is 10.5. The molecule has 0 saturated carbocycles. The van der Waals surface area contributed by atoms with Crippen LogP contribution in [0.4, 0.5) is 8.78 Å². The van der Waals surface area contributed by atoms with Crippen LogP contribution in [0.3, 0.4) is 0 Å². The number of carbonyl (C=O) groups excluding carboxylic acids is 1. The first-order chi connectivity index (χ1) is 7.61. The van der Waals surface area contributed by atoms with E-state index in [4.69, 9.17) is 0 Å². The van der Waals surface area contributed by atoms with Gasteiger partial charge in [0.25, 0.3) is 0 Å². The topological polar surface area (TPSA) is 29.1 Å². The van der Waals surface area contributed by atoms with E-state index in [9.17, 15) is 13.6 Å². The summed E-state index contributed by atoms with van der Waals surface area (Å²) in [6.07, 6.45) is 3.77. The molecule has 1 N–H and O–H groups in total. The van der Waals surface area contributed by atoms with Crippen molar-refractivity contribution in [3.8, 4) is 0 Å². The van der Waals surface area contributed by atoms with Crippen molar-refractivity contribution in [2.75, 3.05) is 6.54 Å². The van der Waals surface area contributed by atoms with Crippen molar-refractivity contribution in [3.63, 3.8) is 0 Å². The van der Waals surface area contributed by atoms with Crippen molar-refractivity contribution >= 4 is 12.0 Å². The van der Waals surface area contributed by atoms with Gasteiger partial charge < -0.3 is 5.32 Å². The molecular formula is C12H13F2NO. The maximum absolute atomic E-state index is 13.1. The lowest BCUT2D eigenvalue weighted by atomic mass is 10.2. The number of hydrogen-bond acceptors (Lipinski definition) is 1. The van der Waals surface area contributed by atoms with Crippen LogP contribution in [-0.4, -0.2) is 12.5 Å². The summed E-state index contributed by atoms with van der Waals surface area (Å²) in [5.41, 5.74) is 0.211. The Kier molecular flexibility index (Phi) is 4.64. The molecule has 0 atom stereocenters. The minimum atomic E-state index is -0.857. The first-order valence-corrected chi connectivity index (χ1v) is 4.96. The Balaban J connectivity index is 2.50. The first kappa shape index (κ1) is 12.4. The van der Waals surface area contributed by atoms with Crippen molar-refractivity contribution < 1.29 is 13.6 Å². The van der Waals surface area contributed by atoms with Crippen LogP contribution in [0.25, 0.3) is 6.08 Å². The minimum Gasteiger partial charge on any atom is -0.356 e. The number of amides is 1. The van der Waals surface area contributed by atoms with Crippen molar-refractivity contribution in [2.45, 2.75) is 13.3 Å². The molecule has 1 aromatic rings. The number of halogens is 2. The van der Waals surface area contributed by atoms with E-state index in [1.165, 1.54) is 25.1 Å². The molecule has 0 saturated heterocycles. The van der Waals surface area contributed by atoms with E-state index < -0.39 is 11.6 Å². The van der Waals surface area contributed by atoms with Crippen LogP contribution in [0.1, 0.15) is 18.9 Å². The molecule has 0 spiro atoms. The number of benzene rings is 1. The molecule has 0 radical (unpaired) electrons. The molecule has 1 amide bonds. The molecule has 0 aliphatic rings. The fourth-order valence-electron chi connectivity index (χ4n) is 1.19. The predicted molar refractivity (Wildman–Crippen MR) is 58.7 cm³/mol. The van der Waals surface area contributed by atoms with Gasteiger partial charge in [0.1, 0.15) is 0 Å². The highest BCUT2D eigenvalue weighted by Gasteiger charge is 2.03. The van der Waals surface area contributed by atoms with Crippen molar-refractivity contribution in [1.29, 1.82) is 0 Å². The van der Waals surface area contributed by atoms with E-state index in [2.05, 4.69) is 5.32 Å². The Morgan fingerprint density at radius 2 is 2.19 bits per heavy atom. The van der Waals surface area contributed by atoms with Gasteiger partial charge in [-0.1, -0.05) is 24.3 Å². The van der Waals surface area contributed by atoms with E-state index in [0.29, 0.717) is 13.0 Å². The Morgan fingerprint density at radius 3 is 2.88 bits per heavy atom. The predicted octanol–water partition coefficient (Wildman–Crippen LogP) is 2.50. The average molecular weight is 225 g/mol. The van der Waals surface area contributed by atoms with E-state index in [1.54, 1.807) is 6.08 Å². The highest BCUT2D eigenvalue weighted by atomic mass is 19.2. The Morgan fingerprint density at radius 1 is 1.44 bits per heavy atom. The normalized spacial score (nSPS) is 10.7. The Hall–Kier alpha value is -1.71. The van der Waals surface area contributed by atoms with E-state index >= 15 is 0 Å². The van der Waals surface area contributed by atoms with Crippen LogP contribution in [0.15, 0.2) is 24.3 Å². The van der Waals surface area contributed by atoms with Crippen LogP contribution in [0, 0.1) is 11.6 Å². The average Bonchev–Trinajstić information content (AvgIpc) is 2.23. The fraction of sp³-hybridized carbons (Fsp3) is 0.250. The zero-order valence-electron chi connectivity index (χ0n) is 8.97. The van der Waals surface area contributed by atoms with Gasteiger partial charge in [-0.05, 0) is 12.5 Å². The van der Waals surface area contributed by atoms with Gasteiger partial charge in [0.15, 0.2) is 11.6 Å². The second-order valence-electron chi connectivity index (χ2n) is 3.32. The highest BCUT2D eigenvalue weighted by molar-refractivity contribution is 5.72. The molecule has 0 aromatic heterocycles. The summed E-state index contributed by atoms with van der Waals surface area (Å²) in [6, 6.07) is 4.02. The zero-order valence-corrected chi connectivity index (χ0v) is 8.97. The third kappa shape index (κ3) is 3.81. The monoisotopic (exact) mass is 225 g/mol. The number of hydrogen-bond donors (Lipinski definition) is 1. The summed E-state index contributed by atoms with van der Waals surface area (Å²) in [5, 5.41) is 2.60. The second kappa shape index (κ2) is 6.00. The summed E-state index contributed by atoms with van der Waals surface area (Å²) in [7, 11) is 0. The molecular weight excluding hydrogens is 212 g/mol. The SMILES string of the molecule is CC(=O)NCCC=Cc1cccc(F)c1F. The molecule has 2 nitrogen and oxygen atoms in total. The van der Waals surface area contributed by atoms with Gasteiger partial charge in [0.2, 0.25) is 5.91 Å². The van der Waals surface area contributed by atoms with Gasteiger partial charge in [-0.2, -0.15) is 0 Å². The lowest BCUT2D eigenvalue weighted by Crippen LogP contribution is -2.20. The summed E-state index contributed by atoms with van der Waals surface area (Å²) in [5.74, 6) is -1.81. The molecule has 0 fully saturated rings. The third-order valence-corrected chi connectivity index (χ3v) is 1.96. The summed E-state index contributed by atoms with van der Waals surface area (Å²) >= 11 is 0. The van der Waals surface area contributed by atoms with E-state index in [0.717, 1.165) is 6.07 Å². The van der Waals surface area contributed by atoms with Crippen LogP contribution < -0.4 is 5.32 Å². The standard InChI is InChI=1S/C12H13F2NO/c1-9(16)15-8-3-2-5-10-6-4-7-11(13)12(10)14/h2,4-7H,3,8H2,1H3,(H,15,16). The second-order valence-corrected chi connectivity index (χ2v) is 3.32. The lowest BCUT2D eigenvalue weighted by Gasteiger charge is -1.98. The van der Waals surface area contributed by atoms with Gasteiger partial charge in [0, 0.05) is 19.0 Å². The van der Waals surface area contributed by atoms with Crippen LogP contribution in [0.2, 0.25) is 0 Å². The van der Waals surface area contributed by atoms with Gasteiger partial charge >= 0.3 is 0 Å². The Labute approximate surface area is 93.0 Å². The number of rotatable bonds is 4. The molecule has 4 heteroatoms. The largest absolute Gasteiger partial charge is 0.356 e. The van der Waals surface area contributed by atoms with Gasteiger partial charge in [0.05, 0.1) is 0 Å². The Bertz CT molecular complexity index is 402. The van der Waals surface area contributed by atoms with Crippen molar-refractivity contribution in [3.05, 3.63) is 41.5 Å². The zero-order chi connectivity index (χ0) is 12.0. The molecule has 1 rings (SSSR count). The molecule has 1 aromatic carbocycles. The van der Waals surface area contributed by atoms with Crippen LogP contribution >= 0.6 is 0 Å². The van der Waals surface area contributed by atoms with Gasteiger partial charge in [-0.3, -0.25) is 4.79 Å². The van der Waals surface area contributed by atoms with Crippen molar-refractivity contribution in [2.24, 2.45) is 0 Å². The minimum absolute atomic E-state index is 0.106. The fourth-order valence-corrected chi connectivity index (χ4v) is 1.19. The van der Waals surface area contributed by atoms with Crippen LogP contribution in [-0.2, 0) is 4.79 Å². The molecule has 0 unspecified atom stereocenters. The van der Waals surface area contributed by atoms with Gasteiger partial charge in [-0.25, -0.2) is 8.78 Å². The number of carbonyl (C=O) groups is 1. The van der Waals surface area contributed by atoms with E-state index in [-0.39, 0.29) is 11.5 Å². The first-order valence-electron chi connectivity index (χ1n) is 4.96. The third-order valence-electron chi connectivity index (χ3n) is 1.96. The highest BCUT2D eigenvalue weighted by Crippen LogP contribution is 2.12. The van der Waals surface area contributed by atoms with Crippen LogP contribution in [0.5, 0.6) is 0 Å². The maximum atomic E-state index is 13.1. The molecule has 0 bridgehead atoms. The summed E-state index contributed by atoms with van der Waals surface area (Å²) in [6.45, 7) is 1.92. The molecule has 0 aliphatic carbocycles. The van der Waals surface area contributed by atoms with Crippen molar-refractivity contribution in [1.82, 2.24) is 5.32 Å². The molecule has 0 heterocycles. The molecule has 0 aliphatic heterocycles. The maximum Gasteiger partial charge on any atom is 0.216 e. The molecule has 86 valence electrons. The van der Waals surface area contributed by atoms with Gasteiger partial charge in [-0.15, -0.1) is 0 Å². The lowest BCUT2D eigenvalue weighted by molar-refractivity contribution is -0.118. The molecule has 16 heavy (non-hydrogen) atoms. The quantitative estimate of drug-likeness (QED) is 0.784. The smallest absolute Gasteiger partial charge is 0.216 e.